The van der Waals surface area contributed by atoms with Crippen LogP contribution < -0.4 is 10.6 Å². The largest absolute Gasteiger partial charge is 0.505 e. The van der Waals surface area contributed by atoms with Crippen molar-refractivity contribution in [2.24, 2.45) is 0 Å². The fourth-order valence-electron chi connectivity index (χ4n) is 1.82. The first-order valence-electron chi connectivity index (χ1n) is 5.85. The topological polar surface area (TPSA) is 70.6 Å². The van der Waals surface area contributed by atoms with Crippen LogP contribution in [0.3, 0.4) is 0 Å². The lowest BCUT2D eigenvalue weighted by Gasteiger charge is -2.23. The Morgan fingerprint density at radius 2 is 2.10 bits per heavy atom. The van der Waals surface area contributed by atoms with Gasteiger partial charge in [-0.2, -0.15) is 0 Å². The van der Waals surface area contributed by atoms with Crippen LogP contribution >= 0.6 is 35.6 Å². The zero-order valence-corrected chi connectivity index (χ0v) is 12.8. The Balaban J connectivity index is 0.00000200. The molecule has 3 N–H and O–H groups in total. The maximum atomic E-state index is 11.8. The molecular weight excluding hydrogens is 327 g/mol. The highest BCUT2D eigenvalue weighted by Crippen LogP contribution is 2.34. The number of phenols is 1. The summed E-state index contributed by atoms with van der Waals surface area (Å²) in [6.07, 6.45) is 0.302. The van der Waals surface area contributed by atoms with Gasteiger partial charge in [0.05, 0.1) is 23.3 Å². The summed E-state index contributed by atoms with van der Waals surface area (Å²) >= 11 is 11.6. The SMILES string of the molecule is Cl.O=C(CC1COCCN1)Nc1cc(Cl)c(O)c(Cl)c1. The van der Waals surface area contributed by atoms with Gasteiger partial charge >= 0.3 is 0 Å². The van der Waals surface area contributed by atoms with E-state index in [0.717, 1.165) is 6.54 Å². The zero-order valence-electron chi connectivity index (χ0n) is 10.5. The monoisotopic (exact) mass is 340 g/mol. The predicted octanol–water partition coefficient (Wildman–Crippen LogP) is 2.44. The van der Waals surface area contributed by atoms with E-state index in [1.165, 1.54) is 12.1 Å². The summed E-state index contributed by atoms with van der Waals surface area (Å²) in [5.41, 5.74) is 0.453. The van der Waals surface area contributed by atoms with Crippen LogP contribution in [0.1, 0.15) is 6.42 Å². The molecule has 8 heteroatoms. The summed E-state index contributed by atoms with van der Waals surface area (Å²) in [6.45, 7) is 1.93. The van der Waals surface area contributed by atoms with Crippen molar-refractivity contribution in [3.05, 3.63) is 22.2 Å². The van der Waals surface area contributed by atoms with Crippen LogP contribution in [-0.4, -0.2) is 36.8 Å². The number of aromatic hydroxyl groups is 1. The van der Waals surface area contributed by atoms with Crippen LogP contribution in [0.15, 0.2) is 12.1 Å². The number of morpholine rings is 1. The van der Waals surface area contributed by atoms with E-state index in [0.29, 0.717) is 25.3 Å². The van der Waals surface area contributed by atoms with Crippen LogP contribution in [0.25, 0.3) is 0 Å². The van der Waals surface area contributed by atoms with Crippen molar-refractivity contribution < 1.29 is 14.6 Å². The number of rotatable bonds is 3. The van der Waals surface area contributed by atoms with E-state index in [9.17, 15) is 9.90 Å². The third-order valence-electron chi connectivity index (χ3n) is 2.73. The molecule has 0 radical (unpaired) electrons. The van der Waals surface area contributed by atoms with Crippen molar-refractivity contribution in [1.29, 1.82) is 0 Å². The summed E-state index contributed by atoms with van der Waals surface area (Å²) < 4.78 is 5.27. The van der Waals surface area contributed by atoms with E-state index < -0.39 is 0 Å². The van der Waals surface area contributed by atoms with Gasteiger partial charge in [0.2, 0.25) is 5.91 Å². The van der Waals surface area contributed by atoms with Crippen molar-refractivity contribution in [1.82, 2.24) is 5.32 Å². The quantitative estimate of drug-likeness (QED) is 0.739. The van der Waals surface area contributed by atoms with E-state index in [4.69, 9.17) is 27.9 Å². The lowest BCUT2D eigenvalue weighted by atomic mass is 10.2. The summed E-state index contributed by atoms with van der Waals surface area (Å²) in [7, 11) is 0. The molecule has 1 amide bonds. The molecular formula is C12H15Cl3N2O3. The minimum absolute atomic E-state index is 0. The Morgan fingerprint density at radius 3 is 2.65 bits per heavy atom. The first kappa shape index (κ1) is 17.3. The van der Waals surface area contributed by atoms with Crippen LogP contribution in [0.5, 0.6) is 5.75 Å². The van der Waals surface area contributed by atoms with Crippen molar-refractivity contribution in [2.75, 3.05) is 25.1 Å². The molecule has 1 saturated heterocycles. The molecule has 0 aliphatic carbocycles. The Kier molecular flexibility index (Phi) is 6.85. The first-order chi connectivity index (χ1) is 9.06. The molecule has 1 heterocycles. The van der Waals surface area contributed by atoms with Gasteiger partial charge in [-0.3, -0.25) is 4.79 Å². The molecule has 0 aromatic heterocycles. The number of nitrogens with one attached hydrogen (secondary N) is 2. The number of carbonyl (C=O) groups excluding carboxylic acids is 1. The minimum atomic E-state index is -0.191. The van der Waals surface area contributed by atoms with Crippen molar-refractivity contribution >= 4 is 47.2 Å². The number of anilines is 1. The highest BCUT2D eigenvalue weighted by molar-refractivity contribution is 6.37. The highest BCUT2D eigenvalue weighted by atomic mass is 35.5. The summed E-state index contributed by atoms with van der Waals surface area (Å²) in [4.78, 5) is 11.8. The average Bonchev–Trinajstić information content (AvgIpc) is 2.37. The van der Waals surface area contributed by atoms with E-state index in [-0.39, 0.29) is 40.2 Å². The second kappa shape index (κ2) is 7.90. The Morgan fingerprint density at radius 1 is 1.45 bits per heavy atom. The van der Waals surface area contributed by atoms with Crippen LogP contribution in [0.2, 0.25) is 10.0 Å². The maximum Gasteiger partial charge on any atom is 0.226 e. The molecule has 20 heavy (non-hydrogen) atoms. The van der Waals surface area contributed by atoms with Crippen molar-refractivity contribution in [3.8, 4) is 5.75 Å². The van der Waals surface area contributed by atoms with Gasteiger partial charge < -0.3 is 20.5 Å². The standard InChI is InChI=1S/C12H14Cl2N2O3.ClH/c13-9-3-7(4-10(14)12(9)18)16-11(17)5-8-6-19-2-1-15-8;/h3-4,8,15,18H,1-2,5-6H2,(H,16,17);1H. The van der Waals surface area contributed by atoms with Gasteiger partial charge in [0.15, 0.2) is 5.75 Å². The second-order valence-corrected chi connectivity index (χ2v) is 5.08. The van der Waals surface area contributed by atoms with Gasteiger partial charge in [-0.15, -0.1) is 12.4 Å². The number of hydrogen-bond donors (Lipinski definition) is 3. The lowest BCUT2D eigenvalue weighted by molar-refractivity contribution is -0.117. The smallest absolute Gasteiger partial charge is 0.226 e. The molecule has 112 valence electrons. The number of benzene rings is 1. The van der Waals surface area contributed by atoms with Gasteiger partial charge in [-0.05, 0) is 12.1 Å². The molecule has 1 unspecified atom stereocenters. The predicted molar refractivity (Wildman–Crippen MR) is 81.2 cm³/mol. The van der Waals surface area contributed by atoms with Crippen LogP contribution in [0, 0.1) is 0 Å². The number of carbonyl (C=O) groups is 1. The van der Waals surface area contributed by atoms with Gasteiger partial charge in [-0.25, -0.2) is 0 Å². The Bertz CT molecular complexity index is 456. The molecule has 0 saturated carbocycles. The van der Waals surface area contributed by atoms with E-state index >= 15 is 0 Å². The van der Waals surface area contributed by atoms with Crippen LogP contribution in [-0.2, 0) is 9.53 Å². The molecule has 1 aromatic rings. The second-order valence-electron chi connectivity index (χ2n) is 4.27. The van der Waals surface area contributed by atoms with Gasteiger partial charge in [0, 0.05) is 24.7 Å². The van der Waals surface area contributed by atoms with Crippen molar-refractivity contribution in [3.63, 3.8) is 0 Å². The Hall–Kier alpha value is -0.720. The molecule has 5 nitrogen and oxygen atoms in total. The summed E-state index contributed by atoms with van der Waals surface area (Å²) in [6, 6.07) is 2.91. The molecule has 1 aliphatic heterocycles. The van der Waals surface area contributed by atoms with Gasteiger partial charge in [0.1, 0.15) is 0 Å². The van der Waals surface area contributed by atoms with E-state index in [2.05, 4.69) is 10.6 Å². The fraction of sp³-hybridized carbons (Fsp3) is 0.417. The van der Waals surface area contributed by atoms with Gasteiger partial charge in [-0.1, -0.05) is 23.2 Å². The average molecular weight is 342 g/mol. The third kappa shape index (κ3) is 4.68. The van der Waals surface area contributed by atoms with E-state index in [1.807, 2.05) is 0 Å². The van der Waals surface area contributed by atoms with E-state index in [1.54, 1.807) is 0 Å². The fourth-order valence-corrected chi connectivity index (χ4v) is 2.31. The lowest BCUT2D eigenvalue weighted by Crippen LogP contribution is -2.43. The first-order valence-corrected chi connectivity index (χ1v) is 6.61. The number of halogens is 3. The minimum Gasteiger partial charge on any atom is -0.505 e. The number of amides is 1. The number of phenolic OH excluding ortho intramolecular Hbond substituents is 1. The molecule has 0 bridgehead atoms. The maximum absolute atomic E-state index is 11.8. The Labute approximate surface area is 133 Å². The highest BCUT2D eigenvalue weighted by Gasteiger charge is 2.17. The summed E-state index contributed by atoms with van der Waals surface area (Å²) in [5.74, 6) is -0.357. The summed E-state index contributed by atoms with van der Waals surface area (Å²) in [5, 5.41) is 15.5. The molecule has 1 aromatic carbocycles. The third-order valence-corrected chi connectivity index (χ3v) is 3.31. The molecule has 2 rings (SSSR count). The normalized spacial score (nSPS) is 18.2. The number of hydrogen-bond acceptors (Lipinski definition) is 4. The zero-order chi connectivity index (χ0) is 13.8. The molecule has 1 atom stereocenters. The van der Waals surface area contributed by atoms with Crippen molar-refractivity contribution in [2.45, 2.75) is 12.5 Å². The molecule has 1 aliphatic rings. The number of ether oxygens (including phenoxy) is 1. The molecule has 0 spiro atoms. The van der Waals surface area contributed by atoms with Crippen LogP contribution in [0.4, 0.5) is 5.69 Å². The van der Waals surface area contributed by atoms with Gasteiger partial charge in [0.25, 0.3) is 0 Å². The molecule has 1 fully saturated rings.